The lowest BCUT2D eigenvalue weighted by Crippen LogP contribution is -2.09. The highest BCUT2D eigenvalue weighted by Gasteiger charge is 2.10. The first-order valence-corrected chi connectivity index (χ1v) is 7.84. The van der Waals surface area contributed by atoms with Gasteiger partial charge in [-0.15, -0.1) is 0 Å². The van der Waals surface area contributed by atoms with Crippen molar-refractivity contribution < 1.29 is 9.53 Å². The Bertz CT molecular complexity index is 828. The van der Waals surface area contributed by atoms with Gasteiger partial charge in [0.15, 0.2) is 5.78 Å². The molecule has 0 unspecified atom stereocenters. The number of Topliss-reactive ketones (excluding diaryl/α,β-unsaturated/α-hetero) is 1. The number of ketones is 1. The van der Waals surface area contributed by atoms with E-state index in [1.54, 1.807) is 7.11 Å². The number of nitrogens with zero attached hydrogens (tertiary/aromatic N) is 1. The van der Waals surface area contributed by atoms with E-state index in [-0.39, 0.29) is 5.78 Å². The summed E-state index contributed by atoms with van der Waals surface area (Å²) in [6.45, 7) is 4.64. The topological polar surface area (TPSA) is 31.2 Å². The SMILES string of the molecule is COc1ccc2c(ccn2CC(=O)c2ccc(C(C)C)cc2)c1. The van der Waals surface area contributed by atoms with E-state index in [1.807, 2.05) is 59.3 Å². The molecule has 1 aromatic heterocycles. The lowest BCUT2D eigenvalue weighted by atomic mass is 10.0. The number of hydrogen-bond acceptors (Lipinski definition) is 2. The van der Waals surface area contributed by atoms with Gasteiger partial charge >= 0.3 is 0 Å². The third kappa shape index (κ3) is 3.14. The smallest absolute Gasteiger partial charge is 0.182 e. The predicted molar refractivity (Wildman–Crippen MR) is 93.4 cm³/mol. The van der Waals surface area contributed by atoms with E-state index in [1.165, 1.54) is 5.56 Å². The quantitative estimate of drug-likeness (QED) is 0.642. The van der Waals surface area contributed by atoms with Crippen LogP contribution in [0.15, 0.2) is 54.7 Å². The molecule has 0 saturated carbocycles. The monoisotopic (exact) mass is 307 g/mol. The third-order valence-electron chi connectivity index (χ3n) is 4.19. The number of ether oxygens (including phenoxy) is 1. The fourth-order valence-electron chi connectivity index (χ4n) is 2.74. The van der Waals surface area contributed by atoms with Crippen LogP contribution < -0.4 is 4.74 Å². The molecule has 2 aromatic carbocycles. The number of carbonyl (C=O) groups excluding carboxylic acids is 1. The zero-order valence-electron chi connectivity index (χ0n) is 13.7. The lowest BCUT2D eigenvalue weighted by molar-refractivity contribution is 0.0973. The van der Waals surface area contributed by atoms with Gasteiger partial charge in [-0.2, -0.15) is 0 Å². The Labute approximate surface area is 136 Å². The van der Waals surface area contributed by atoms with Gasteiger partial charge in [0.2, 0.25) is 0 Å². The molecular formula is C20H21NO2. The van der Waals surface area contributed by atoms with Crippen LogP contribution in [0, 0.1) is 0 Å². The number of methoxy groups -OCH3 is 1. The van der Waals surface area contributed by atoms with E-state index in [2.05, 4.69) is 13.8 Å². The molecule has 3 heteroatoms. The Morgan fingerprint density at radius 3 is 2.48 bits per heavy atom. The molecule has 3 aromatic rings. The Morgan fingerprint density at radius 2 is 1.83 bits per heavy atom. The molecule has 3 nitrogen and oxygen atoms in total. The average molecular weight is 307 g/mol. The van der Waals surface area contributed by atoms with Crippen LogP contribution in [0.5, 0.6) is 5.75 Å². The van der Waals surface area contributed by atoms with E-state index in [4.69, 9.17) is 4.74 Å². The summed E-state index contributed by atoms with van der Waals surface area (Å²) in [4.78, 5) is 12.5. The summed E-state index contributed by atoms with van der Waals surface area (Å²) in [6, 6.07) is 15.8. The van der Waals surface area contributed by atoms with E-state index >= 15 is 0 Å². The van der Waals surface area contributed by atoms with Crippen molar-refractivity contribution in [3.05, 3.63) is 65.9 Å². The highest BCUT2D eigenvalue weighted by atomic mass is 16.5. The zero-order valence-corrected chi connectivity index (χ0v) is 13.7. The first kappa shape index (κ1) is 15.3. The molecule has 0 aliphatic carbocycles. The maximum absolute atomic E-state index is 12.5. The molecule has 23 heavy (non-hydrogen) atoms. The second-order valence-electron chi connectivity index (χ2n) is 6.07. The van der Waals surface area contributed by atoms with Crippen molar-refractivity contribution in [2.75, 3.05) is 7.11 Å². The van der Waals surface area contributed by atoms with Crippen molar-refractivity contribution >= 4 is 16.7 Å². The minimum Gasteiger partial charge on any atom is -0.497 e. The molecule has 0 atom stereocenters. The number of hydrogen-bond donors (Lipinski definition) is 0. The van der Waals surface area contributed by atoms with Crippen molar-refractivity contribution in [1.82, 2.24) is 4.57 Å². The van der Waals surface area contributed by atoms with E-state index < -0.39 is 0 Å². The van der Waals surface area contributed by atoms with Gasteiger partial charge in [0.1, 0.15) is 5.75 Å². The normalized spacial score (nSPS) is 11.1. The number of rotatable bonds is 5. The number of carbonyl (C=O) groups is 1. The Hall–Kier alpha value is -2.55. The van der Waals surface area contributed by atoms with Crippen LogP contribution in [0.25, 0.3) is 10.9 Å². The van der Waals surface area contributed by atoms with Gasteiger partial charge in [-0.25, -0.2) is 0 Å². The molecule has 0 N–H and O–H groups in total. The first-order chi connectivity index (χ1) is 11.1. The summed E-state index contributed by atoms with van der Waals surface area (Å²) in [5.74, 6) is 1.42. The Morgan fingerprint density at radius 1 is 1.09 bits per heavy atom. The van der Waals surface area contributed by atoms with Gasteiger partial charge < -0.3 is 9.30 Å². The minimum atomic E-state index is 0.119. The van der Waals surface area contributed by atoms with Gasteiger partial charge in [0, 0.05) is 22.7 Å². The van der Waals surface area contributed by atoms with Crippen LogP contribution in [0.3, 0.4) is 0 Å². The molecule has 0 saturated heterocycles. The zero-order chi connectivity index (χ0) is 16.4. The maximum atomic E-state index is 12.5. The van der Waals surface area contributed by atoms with Crippen molar-refractivity contribution in [2.45, 2.75) is 26.3 Å². The second-order valence-corrected chi connectivity index (χ2v) is 6.07. The fraction of sp³-hybridized carbons (Fsp3) is 0.250. The molecule has 0 amide bonds. The first-order valence-electron chi connectivity index (χ1n) is 7.84. The summed E-state index contributed by atoms with van der Waals surface area (Å²) in [6.07, 6.45) is 1.95. The van der Waals surface area contributed by atoms with E-state index in [0.717, 1.165) is 22.2 Å². The lowest BCUT2D eigenvalue weighted by Gasteiger charge is -2.08. The molecule has 0 spiro atoms. The predicted octanol–water partition coefficient (Wildman–Crippen LogP) is 4.66. The van der Waals surface area contributed by atoms with Crippen LogP contribution in [-0.2, 0) is 6.54 Å². The standard InChI is InChI=1S/C20H21NO2/c1-14(2)15-4-6-16(7-5-15)20(22)13-21-11-10-17-12-18(23-3)8-9-19(17)21/h4-12,14H,13H2,1-3H3. The molecule has 0 radical (unpaired) electrons. The minimum absolute atomic E-state index is 0.119. The number of fused-ring (bicyclic) bond motifs is 1. The van der Waals surface area contributed by atoms with Crippen LogP contribution >= 0.6 is 0 Å². The van der Waals surface area contributed by atoms with Crippen LogP contribution in [0.1, 0.15) is 35.7 Å². The van der Waals surface area contributed by atoms with Crippen molar-refractivity contribution in [3.63, 3.8) is 0 Å². The molecular weight excluding hydrogens is 286 g/mol. The van der Waals surface area contributed by atoms with Crippen LogP contribution in [0.2, 0.25) is 0 Å². The second kappa shape index (κ2) is 6.29. The van der Waals surface area contributed by atoms with Gasteiger partial charge in [-0.1, -0.05) is 38.1 Å². The molecule has 118 valence electrons. The molecule has 3 rings (SSSR count). The van der Waals surface area contributed by atoms with Gasteiger partial charge in [0.05, 0.1) is 13.7 Å². The Kier molecular flexibility index (Phi) is 4.20. The maximum Gasteiger partial charge on any atom is 0.182 e. The molecule has 1 heterocycles. The highest BCUT2D eigenvalue weighted by Crippen LogP contribution is 2.22. The van der Waals surface area contributed by atoms with Crippen LogP contribution in [-0.4, -0.2) is 17.5 Å². The molecule has 0 fully saturated rings. The van der Waals surface area contributed by atoms with E-state index in [9.17, 15) is 4.79 Å². The van der Waals surface area contributed by atoms with Gasteiger partial charge in [-0.05, 0) is 35.7 Å². The summed E-state index contributed by atoms with van der Waals surface area (Å²) in [5.41, 5.74) is 3.04. The van der Waals surface area contributed by atoms with Crippen LogP contribution in [0.4, 0.5) is 0 Å². The summed E-state index contributed by atoms with van der Waals surface area (Å²) in [7, 11) is 1.66. The largest absolute Gasteiger partial charge is 0.497 e. The highest BCUT2D eigenvalue weighted by molar-refractivity contribution is 5.97. The summed E-state index contributed by atoms with van der Waals surface area (Å²) < 4.78 is 7.22. The molecule has 0 aliphatic rings. The van der Waals surface area contributed by atoms with Crippen molar-refractivity contribution in [3.8, 4) is 5.75 Å². The number of aromatic nitrogens is 1. The van der Waals surface area contributed by atoms with Gasteiger partial charge in [0.25, 0.3) is 0 Å². The molecule has 0 bridgehead atoms. The van der Waals surface area contributed by atoms with Crippen molar-refractivity contribution in [2.24, 2.45) is 0 Å². The van der Waals surface area contributed by atoms with Gasteiger partial charge in [-0.3, -0.25) is 4.79 Å². The summed E-state index contributed by atoms with van der Waals surface area (Å²) >= 11 is 0. The number of benzene rings is 2. The Balaban J connectivity index is 1.82. The third-order valence-corrected chi connectivity index (χ3v) is 4.19. The summed E-state index contributed by atoms with van der Waals surface area (Å²) in [5, 5.41) is 1.08. The van der Waals surface area contributed by atoms with Crippen molar-refractivity contribution in [1.29, 1.82) is 0 Å². The molecule has 0 aliphatic heterocycles. The average Bonchev–Trinajstić information content (AvgIpc) is 2.97. The van der Waals surface area contributed by atoms with E-state index in [0.29, 0.717) is 12.5 Å². The fourth-order valence-corrected chi connectivity index (χ4v) is 2.74.